The molecule has 1 aromatic carbocycles. The van der Waals surface area contributed by atoms with E-state index in [0.29, 0.717) is 4.88 Å². The number of halogens is 1. The molecule has 0 aliphatic rings. The van der Waals surface area contributed by atoms with E-state index in [1.165, 1.54) is 16.9 Å². The lowest BCUT2D eigenvalue weighted by Crippen LogP contribution is -2.15. The zero-order valence-corrected chi connectivity index (χ0v) is 13.8. The van der Waals surface area contributed by atoms with Gasteiger partial charge in [0.05, 0.1) is 0 Å². The van der Waals surface area contributed by atoms with Crippen LogP contribution in [-0.4, -0.2) is 17.6 Å². The van der Waals surface area contributed by atoms with Gasteiger partial charge in [0.15, 0.2) is 0 Å². The van der Waals surface area contributed by atoms with Gasteiger partial charge in [-0.1, -0.05) is 33.6 Å². The van der Waals surface area contributed by atoms with Crippen molar-refractivity contribution >= 4 is 43.3 Å². The quantitative estimate of drug-likeness (QED) is 0.838. The Bertz CT molecular complexity index is 672. The highest BCUT2D eigenvalue weighted by atomic mass is 79.9. The molecule has 0 spiro atoms. The van der Waals surface area contributed by atoms with E-state index in [4.69, 9.17) is 5.11 Å². The number of benzene rings is 1. The molecule has 0 atom stereocenters. The summed E-state index contributed by atoms with van der Waals surface area (Å²) in [5.74, 6) is -0.864. The maximum atomic E-state index is 11.0. The smallest absolute Gasteiger partial charge is 0.345 e. The van der Waals surface area contributed by atoms with Crippen LogP contribution in [0.1, 0.15) is 29.1 Å². The zero-order valence-electron chi connectivity index (χ0n) is 11.4. The van der Waals surface area contributed by atoms with Crippen molar-refractivity contribution in [1.29, 1.82) is 0 Å². The normalized spacial score (nSPS) is 10.8. The second-order valence-electron chi connectivity index (χ2n) is 4.75. The molecule has 2 rings (SSSR count). The van der Waals surface area contributed by atoms with E-state index < -0.39 is 5.97 Å². The summed E-state index contributed by atoms with van der Waals surface area (Å²) in [5, 5.41) is 13.5. The molecular weight excluding hydrogens is 338 g/mol. The van der Waals surface area contributed by atoms with Crippen molar-refractivity contribution in [1.82, 2.24) is 5.32 Å². The van der Waals surface area contributed by atoms with Crippen LogP contribution in [0.15, 0.2) is 34.3 Å². The van der Waals surface area contributed by atoms with E-state index in [2.05, 4.69) is 35.1 Å². The lowest BCUT2D eigenvalue weighted by molar-refractivity contribution is 0.0702. The fraction of sp³-hybridized carbons (Fsp3) is 0.267. The summed E-state index contributed by atoms with van der Waals surface area (Å²) >= 11 is 4.85. The molecule has 0 saturated carbocycles. The Morgan fingerprint density at radius 1 is 1.40 bits per heavy atom. The number of rotatable bonds is 5. The highest BCUT2D eigenvalue weighted by molar-refractivity contribution is 9.11. The summed E-state index contributed by atoms with van der Waals surface area (Å²) in [7, 11) is 0. The molecule has 0 unspecified atom stereocenters. The molecule has 5 heteroatoms. The van der Waals surface area contributed by atoms with Crippen LogP contribution < -0.4 is 5.32 Å². The van der Waals surface area contributed by atoms with E-state index in [0.717, 1.165) is 33.2 Å². The van der Waals surface area contributed by atoms with Gasteiger partial charge in [0, 0.05) is 22.3 Å². The van der Waals surface area contributed by atoms with Crippen LogP contribution in [0, 0.1) is 0 Å². The molecule has 3 nitrogen and oxygen atoms in total. The van der Waals surface area contributed by atoms with Crippen LogP contribution >= 0.6 is 27.3 Å². The van der Waals surface area contributed by atoms with Gasteiger partial charge in [-0.15, -0.1) is 11.3 Å². The van der Waals surface area contributed by atoms with Gasteiger partial charge >= 0.3 is 5.97 Å². The molecule has 2 N–H and O–H groups in total. The number of carbonyl (C=O) groups is 1. The van der Waals surface area contributed by atoms with Crippen LogP contribution in [0.4, 0.5) is 0 Å². The second kappa shape index (κ2) is 6.52. The fourth-order valence-electron chi connectivity index (χ4n) is 1.86. The molecule has 0 fully saturated rings. The van der Waals surface area contributed by atoms with Crippen LogP contribution in [0.25, 0.3) is 10.1 Å². The number of fused-ring (bicyclic) bond motifs is 1. The first-order chi connectivity index (χ1) is 9.49. The largest absolute Gasteiger partial charge is 0.477 e. The molecular formula is C15H16BrNO2S. The molecule has 1 heterocycles. The number of nitrogens with one attached hydrogen (secondary N) is 1. The van der Waals surface area contributed by atoms with Gasteiger partial charge in [-0.3, -0.25) is 0 Å². The maximum absolute atomic E-state index is 11.0. The highest BCUT2D eigenvalue weighted by Gasteiger charge is 2.10. The highest BCUT2D eigenvalue weighted by Crippen LogP contribution is 2.28. The van der Waals surface area contributed by atoms with Gasteiger partial charge in [-0.25, -0.2) is 4.79 Å². The summed E-state index contributed by atoms with van der Waals surface area (Å²) in [5.41, 5.74) is 2.37. The van der Waals surface area contributed by atoms with Crippen LogP contribution in [-0.2, 0) is 6.54 Å². The third-order valence-corrected chi connectivity index (χ3v) is 5.16. The molecule has 0 aliphatic carbocycles. The Labute approximate surface area is 130 Å². The van der Waals surface area contributed by atoms with Crippen molar-refractivity contribution in [2.24, 2.45) is 0 Å². The number of carboxylic acid groups (broad SMARTS) is 1. The number of allylic oxidation sites excluding steroid dienone is 1. The van der Waals surface area contributed by atoms with Crippen molar-refractivity contribution in [2.45, 2.75) is 20.4 Å². The molecule has 106 valence electrons. The first kappa shape index (κ1) is 15.2. The van der Waals surface area contributed by atoms with Gasteiger partial charge in [0.1, 0.15) is 4.88 Å². The molecule has 20 heavy (non-hydrogen) atoms. The average Bonchev–Trinajstić information content (AvgIpc) is 2.83. The monoisotopic (exact) mass is 353 g/mol. The molecule has 0 bridgehead atoms. The van der Waals surface area contributed by atoms with Crippen molar-refractivity contribution in [2.75, 3.05) is 6.54 Å². The summed E-state index contributed by atoms with van der Waals surface area (Å²) < 4.78 is 2.17. The number of thiophene rings is 1. The van der Waals surface area contributed by atoms with Crippen molar-refractivity contribution in [3.05, 3.63) is 44.8 Å². The van der Waals surface area contributed by atoms with Crippen LogP contribution in [0.5, 0.6) is 0 Å². The fourth-order valence-corrected chi connectivity index (χ4v) is 3.01. The van der Waals surface area contributed by atoms with Crippen molar-refractivity contribution in [3.63, 3.8) is 0 Å². The molecule has 0 radical (unpaired) electrons. The lowest BCUT2D eigenvalue weighted by Gasteiger charge is -2.07. The molecule has 0 aliphatic heterocycles. The SMILES string of the molecule is CC(C)=C(Br)CNCc1cccc2sc(C(=O)O)cc12. The van der Waals surface area contributed by atoms with E-state index in [-0.39, 0.29) is 0 Å². The Hall–Kier alpha value is -1.17. The van der Waals surface area contributed by atoms with E-state index in [9.17, 15) is 4.79 Å². The van der Waals surface area contributed by atoms with Gasteiger partial charge in [-0.2, -0.15) is 0 Å². The Morgan fingerprint density at radius 3 is 2.80 bits per heavy atom. The summed E-state index contributed by atoms with van der Waals surface area (Å²) in [6.07, 6.45) is 0. The van der Waals surface area contributed by atoms with Gasteiger partial charge in [-0.05, 0) is 36.9 Å². The maximum Gasteiger partial charge on any atom is 0.345 e. The third-order valence-electron chi connectivity index (χ3n) is 3.00. The molecule has 0 amide bonds. The lowest BCUT2D eigenvalue weighted by atomic mass is 10.1. The van der Waals surface area contributed by atoms with Gasteiger partial charge in [0.2, 0.25) is 0 Å². The number of hydrogen-bond donors (Lipinski definition) is 2. The average molecular weight is 354 g/mol. The van der Waals surface area contributed by atoms with E-state index in [1.807, 2.05) is 18.2 Å². The Morgan fingerprint density at radius 2 is 2.15 bits per heavy atom. The van der Waals surface area contributed by atoms with E-state index >= 15 is 0 Å². The zero-order chi connectivity index (χ0) is 14.7. The third kappa shape index (κ3) is 3.48. The standard InChI is InChI=1S/C15H16BrNO2S/c1-9(2)12(16)8-17-7-10-4-3-5-13-11(10)6-14(20-13)15(18)19/h3-6,17H,7-8H2,1-2H3,(H,18,19). The number of hydrogen-bond acceptors (Lipinski definition) is 3. The summed E-state index contributed by atoms with van der Waals surface area (Å²) in [6, 6.07) is 7.72. The van der Waals surface area contributed by atoms with Crippen LogP contribution in [0.2, 0.25) is 0 Å². The minimum absolute atomic E-state index is 0.387. The predicted octanol–water partition coefficient (Wildman–Crippen LogP) is 4.38. The Balaban J connectivity index is 2.18. The van der Waals surface area contributed by atoms with Crippen molar-refractivity contribution < 1.29 is 9.90 Å². The minimum Gasteiger partial charge on any atom is -0.477 e. The number of aromatic carboxylic acids is 1. The first-order valence-electron chi connectivity index (χ1n) is 6.26. The van der Waals surface area contributed by atoms with Gasteiger partial charge in [0.25, 0.3) is 0 Å². The predicted molar refractivity (Wildman–Crippen MR) is 87.8 cm³/mol. The second-order valence-corrected chi connectivity index (χ2v) is 6.79. The molecule has 2 aromatic rings. The minimum atomic E-state index is -0.864. The molecule has 1 aromatic heterocycles. The van der Waals surface area contributed by atoms with E-state index in [1.54, 1.807) is 6.07 Å². The Kier molecular flexibility index (Phi) is 4.96. The van der Waals surface area contributed by atoms with Crippen molar-refractivity contribution in [3.8, 4) is 0 Å². The number of carboxylic acids is 1. The van der Waals surface area contributed by atoms with Gasteiger partial charge < -0.3 is 10.4 Å². The molecule has 0 saturated heterocycles. The van der Waals surface area contributed by atoms with Crippen LogP contribution in [0.3, 0.4) is 0 Å². The summed E-state index contributed by atoms with van der Waals surface area (Å²) in [6.45, 7) is 5.61. The summed E-state index contributed by atoms with van der Waals surface area (Å²) in [4.78, 5) is 11.4. The topological polar surface area (TPSA) is 49.3 Å². The first-order valence-corrected chi connectivity index (χ1v) is 7.87.